The van der Waals surface area contributed by atoms with Gasteiger partial charge in [-0.05, 0) is 47.5 Å². The molecule has 160 valence electrons. The number of halogens is 2. The topological polar surface area (TPSA) is 78.8 Å². The maximum absolute atomic E-state index is 13.2. The number of rotatable bonds is 8. The lowest BCUT2D eigenvalue weighted by Crippen LogP contribution is -2.39. The Morgan fingerprint density at radius 1 is 1.00 bits per heavy atom. The van der Waals surface area contributed by atoms with E-state index in [9.17, 15) is 17.6 Å². The van der Waals surface area contributed by atoms with Crippen molar-refractivity contribution in [1.82, 2.24) is 9.73 Å². The van der Waals surface area contributed by atoms with Crippen molar-refractivity contribution in [2.45, 2.75) is 11.4 Å². The number of nitrogens with one attached hydrogen (secondary N) is 1. The number of carbonyl (C=O) groups is 1. The summed E-state index contributed by atoms with van der Waals surface area (Å²) >= 11 is 3.34. The van der Waals surface area contributed by atoms with Crippen molar-refractivity contribution in [3.63, 3.8) is 0 Å². The van der Waals surface area contributed by atoms with Gasteiger partial charge in [-0.15, -0.1) is 0 Å². The zero-order chi connectivity index (χ0) is 22.3. The normalized spacial score (nSPS) is 11.7. The standard InChI is InChI=1S/C22H19BrFN3O3S/c23-19-8-6-17(7-9-19)14-25-26-22(28)16-27(15-18-4-2-1-3-5-18)31(29,30)21-12-10-20(24)11-13-21/h1-14H,15-16H2,(H,26,28). The first-order valence-corrected chi connectivity index (χ1v) is 11.4. The van der Waals surface area contributed by atoms with Crippen LogP contribution in [0.3, 0.4) is 0 Å². The van der Waals surface area contributed by atoms with Crippen molar-refractivity contribution in [3.05, 3.63) is 100 Å². The van der Waals surface area contributed by atoms with E-state index in [1.807, 2.05) is 18.2 Å². The Hall–Kier alpha value is -2.88. The second-order valence-electron chi connectivity index (χ2n) is 6.56. The maximum atomic E-state index is 13.2. The van der Waals surface area contributed by atoms with Crippen LogP contribution < -0.4 is 5.43 Å². The molecule has 0 saturated heterocycles. The van der Waals surface area contributed by atoms with Gasteiger partial charge in [-0.3, -0.25) is 4.79 Å². The minimum Gasteiger partial charge on any atom is -0.272 e. The quantitative estimate of drug-likeness (QED) is 0.373. The molecule has 0 saturated carbocycles. The highest BCUT2D eigenvalue weighted by molar-refractivity contribution is 9.10. The Labute approximate surface area is 188 Å². The van der Waals surface area contributed by atoms with Gasteiger partial charge in [0.05, 0.1) is 17.7 Å². The van der Waals surface area contributed by atoms with Gasteiger partial charge < -0.3 is 0 Å². The van der Waals surface area contributed by atoms with Crippen LogP contribution in [0, 0.1) is 5.82 Å². The van der Waals surface area contributed by atoms with E-state index in [0.717, 1.165) is 26.5 Å². The van der Waals surface area contributed by atoms with E-state index in [0.29, 0.717) is 5.56 Å². The number of carbonyl (C=O) groups excluding carboxylic acids is 1. The molecular formula is C22H19BrFN3O3S. The third kappa shape index (κ3) is 6.55. The van der Waals surface area contributed by atoms with Crippen LogP contribution in [0.25, 0.3) is 0 Å². The lowest BCUT2D eigenvalue weighted by atomic mass is 10.2. The van der Waals surface area contributed by atoms with Crippen LogP contribution in [0.2, 0.25) is 0 Å². The summed E-state index contributed by atoms with van der Waals surface area (Å²) in [5.41, 5.74) is 3.82. The van der Waals surface area contributed by atoms with Crippen LogP contribution in [0.4, 0.5) is 4.39 Å². The van der Waals surface area contributed by atoms with Crippen molar-refractivity contribution in [1.29, 1.82) is 0 Å². The van der Waals surface area contributed by atoms with E-state index in [1.165, 1.54) is 18.3 Å². The molecule has 0 aliphatic heterocycles. The van der Waals surface area contributed by atoms with Crippen LogP contribution in [0.1, 0.15) is 11.1 Å². The monoisotopic (exact) mass is 503 g/mol. The van der Waals surface area contributed by atoms with E-state index in [2.05, 4.69) is 26.5 Å². The Morgan fingerprint density at radius 3 is 2.29 bits per heavy atom. The Bertz CT molecular complexity index is 1150. The van der Waals surface area contributed by atoms with E-state index >= 15 is 0 Å². The van der Waals surface area contributed by atoms with Crippen LogP contribution in [-0.2, 0) is 21.4 Å². The molecule has 3 rings (SSSR count). The van der Waals surface area contributed by atoms with Crippen molar-refractivity contribution >= 4 is 38.1 Å². The van der Waals surface area contributed by atoms with Gasteiger partial charge >= 0.3 is 0 Å². The van der Waals surface area contributed by atoms with Gasteiger partial charge in [0, 0.05) is 11.0 Å². The summed E-state index contributed by atoms with van der Waals surface area (Å²) in [7, 11) is -4.04. The predicted molar refractivity (Wildman–Crippen MR) is 120 cm³/mol. The molecule has 0 fully saturated rings. The molecule has 31 heavy (non-hydrogen) atoms. The molecule has 0 unspecified atom stereocenters. The Morgan fingerprint density at radius 2 is 1.65 bits per heavy atom. The minimum absolute atomic E-state index is 0.0234. The second-order valence-corrected chi connectivity index (χ2v) is 9.41. The van der Waals surface area contributed by atoms with Crippen LogP contribution in [0.15, 0.2) is 93.3 Å². The fourth-order valence-corrected chi connectivity index (χ4v) is 4.34. The molecule has 3 aromatic rings. The molecule has 0 aliphatic carbocycles. The SMILES string of the molecule is O=C(CN(Cc1ccccc1)S(=O)(=O)c1ccc(F)cc1)NN=Cc1ccc(Br)cc1. The smallest absolute Gasteiger partial charge is 0.255 e. The molecule has 0 radical (unpaired) electrons. The molecule has 0 bridgehead atoms. The number of benzene rings is 3. The summed E-state index contributed by atoms with van der Waals surface area (Å²) in [6.45, 7) is -0.476. The molecule has 0 spiro atoms. The van der Waals surface area contributed by atoms with Gasteiger partial charge in [0.2, 0.25) is 10.0 Å². The summed E-state index contributed by atoms with van der Waals surface area (Å²) < 4.78 is 41.4. The number of hydrogen-bond acceptors (Lipinski definition) is 4. The fraction of sp³-hybridized carbons (Fsp3) is 0.0909. The number of hydrazone groups is 1. The zero-order valence-electron chi connectivity index (χ0n) is 16.3. The Kier molecular flexibility index (Phi) is 7.67. The lowest BCUT2D eigenvalue weighted by Gasteiger charge is -2.21. The second kappa shape index (κ2) is 10.4. The number of amides is 1. The van der Waals surface area contributed by atoms with Crippen molar-refractivity contribution in [2.75, 3.05) is 6.54 Å². The highest BCUT2D eigenvalue weighted by Gasteiger charge is 2.27. The van der Waals surface area contributed by atoms with E-state index in [4.69, 9.17) is 0 Å². The summed E-state index contributed by atoms with van der Waals surface area (Å²) in [6.07, 6.45) is 1.46. The molecule has 1 N–H and O–H groups in total. The van der Waals surface area contributed by atoms with Crippen LogP contribution in [0.5, 0.6) is 0 Å². The van der Waals surface area contributed by atoms with Crippen LogP contribution >= 0.6 is 15.9 Å². The first-order chi connectivity index (χ1) is 14.8. The van der Waals surface area contributed by atoms with Gasteiger partial charge in [0.25, 0.3) is 5.91 Å². The van der Waals surface area contributed by atoms with E-state index in [-0.39, 0.29) is 11.4 Å². The lowest BCUT2D eigenvalue weighted by molar-refractivity contribution is -0.121. The summed E-state index contributed by atoms with van der Waals surface area (Å²) in [4.78, 5) is 12.3. The average molecular weight is 504 g/mol. The van der Waals surface area contributed by atoms with E-state index in [1.54, 1.807) is 36.4 Å². The highest BCUT2D eigenvalue weighted by atomic mass is 79.9. The number of nitrogens with zero attached hydrogens (tertiary/aromatic N) is 2. The van der Waals surface area contributed by atoms with Gasteiger partial charge in [0.1, 0.15) is 5.82 Å². The van der Waals surface area contributed by atoms with Crippen LogP contribution in [-0.4, -0.2) is 31.4 Å². The van der Waals surface area contributed by atoms with Gasteiger partial charge in [-0.2, -0.15) is 9.41 Å². The highest BCUT2D eigenvalue weighted by Crippen LogP contribution is 2.19. The molecular weight excluding hydrogens is 485 g/mol. The number of hydrogen-bond donors (Lipinski definition) is 1. The van der Waals surface area contributed by atoms with Gasteiger partial charge in [0.15, 0.2) is 0 Å². The molecule has 0 aliphatic rings. The van der Waals surface area contributed by atoms with Crippen molar-refractivity contribution in [3.8, 4) is 0 Å². The summed E-state index contributed by atoms with van der Waals surface area (Å²) in [6, 6.07) is 20.6. The largest absolute Gasteiger partial charge is 0.272 e. The maximum Gasteiger partial charge on any atom is 0.255 e. The summed E-state index contributed by atoms with van der Waals surface area (Å²) in [5, 5.41) is 3.89. The average Bonchev–Trinajstić information content (AvgIpc) is 2.76. The van der Waals surface area contributed by atoms with E-state index < -0.39 is 28.3 Å². The summed E-state index contributed by atoms with van der Waals surface area (Å²) in [5.74, 6) is -1.15. The Balaban J connectivity index is 1.76. The fourth-order valence-electron chi connectivity index (χ4n) is 2.69. The first kappa shape index (κ1) is 22.8. The van der Waals surface area contributed by atoms with Gasteiger partial charge in [-0.25, -0.2) is 18.2 Å². The molecule has 0 heterocycles. The zero-order valence-corrected chi connectivity index (χ0v) is 18.7. The van der Waals surface area contributed by atoms with Crippen molar-refractivity contribution in [2.24, 2.45) is 5.10 Å². The predicted octanol–water partition coefficient (Wildman–Crippen LogP) is 3.93. The molecule has 9 heteroatoms. The molecule has 0 aromatic heterocycles. The van der Waals surface area contributed by atoms with Crippen molar-refractivity contribution < 1.29 is 17.6 Å². The first-order valence-electron chi connectivity index (χ1n) is 9.22. The molecule has 0 atom stereocenters. The van der Waals surface area contributed by atoms with Gasteiger partial charge in [-0.1, -0.05) is 58.4 Å². The molecule has 3 aromatic carbocycles. The number of sulfonamides is 1. The third-order valence-electron chi connectivity index (χ3n) is 4.25. The molecule has 1 amide bonds. The molecule has 6 nitrogen and oxygen atoms in total. The third-order valence-corrected chi connectivity index (χ3v) is 6.58. The minimum atomic E-state index is -4.04.